The number of unbranched alkanes of at least 4 members (excludes halogenated alkanes) is 1. The summed E-state index contributed by atoms with van der Waals surface area (Å²) in [6.07, 6.45) is 2.00. The number of nitrogens with zero attached hydrogens (tertiary/aromatic N) is 4. The number of anilines is 1. The predicted octanol–water partition coefficient (Wildman–Crippen LogP) is 5.37. The van der Waals surface area contributed by atoms with Crippen molar-refractivity contribution >= 4 is 51.4 Å². The lowest BCUT2D eigenvalue weighted by atomic mass is 10.2. The average Bonchev–Trinajstić information content (AvgIpc) is 3.30. The van der Waals surface area contributed by atoms with E-state index in [0.717, 1.165) is 34.6 Å². The number of hydrogen-bond acceptors (Lipinski definition) is 7. The predicted molar refractivity (Wildman–Crippen MR) is 110 cm³/mol. The highest BCUT2D eigenvalue weighted by molar-refractivity contribution is 7.96. The third-order valence-corrected chi connectivity index (χ3v) is 5.78. The first-order valence-corrected chi connectivity index (χ1v) is 10.3. The van der Waals surface area contributed by atoms with E-state index >= 15 is 0 Å². The molecule has 6 nitrogen and oxygen atoms in total. The van der Waals surface area contributed by atoms with Gasteiger partial charge in [-0.05, 0) is 30.0 Å². The summed E-state index contributed by atoms with van der Waals surface area (Å²) >= 11 is 2.82. The molecule has 1 aromatic carbocycles. The number of fused-ring (bicyclic) bond motifs is 2. The Hall–Kier alpha value is -2.60. The molecule has 0 saturated heterocycles. The molecule has 3 aromatic heterocycles. The van der Waals surface area contributed by atoms with Crippen LogP contribution in [0.2, 0.25) is 0 Å². The Bertz CT molecular complexity index is 1110. The van der Waals surface area contributed by atoms with E-state index in [2.05, 4.69) is 23.5 Å². The summed E-state index contributed by atoms with van der Waals surface area (Å²) in [5.74, 6) is 0.598. The molecular weight excluding hydrogens is 378 g/mol. The molecule has 0 saturated carbocycles. The lowest BCUT2D eigenvalue weighted by Gasteiger charge is -2.10. The fraction of sp³-hybridized carbons (Fsp3) is 0.211. The molecule has 0 bridgehead atoms. The van der Waals surface area contributed by atoms with Gasteiger partial charge in [-0.25, -0.2) is 15.4 Å². The van der Waals surface area contributed by atoms with Gasteiger partial charge in [-0.1, -0.05) is 31.5 Å². The topological polar surface area (TPSA) is 75.8 Å². The molecule has 0 atom stereocenters. The van der Waals surface area contributed by atoms with Crippen LogP contribution < -0.4 is 5.48 Å². The third kappa shape index (κ3) is 3.49. The van der Waals surface area contributed by atoms with Crippen molar-refractivity contribution in [2.24, 2.45) is 0 Å². The Morgan fingerprint density at radius 2 is 2.04 bits per heavy atom. The standard InChI is InChI=1S/C19H17N5OS2/c1-2-3-10-24-18(23-25-27-16-9-6-11-26-16)13(12-20)17-19(24)22-15-8-5-4-7-14(15)21-17/h4-9,11,23H,2-3,10H2,1H3. The van der Waals surface area contributed by atoms with E-state index in [1.807, 2.05) is 46.3 Å². The lowest BCUT2D eigenvalue weighted by molar-refractivity contribution is 0.465. The van der Waals surface area contributed by atoms with Crippen molar-refractivity contribution in [1.29, 1.82) is 5.26 Å². The number of benzene rings is 1. The van der Waals surface area contributed by atoms with E-state index in [1.54, 1.807) is 11.3 Å². The zero-order valence-electron chi connectivity index (χ0n) is 14.7. The van der Waals surface area contributed by atoms with Gasteiger partial charge in [-0.2, -0.15) is 9.55 Å². The maximum absolute atomic E-state index is 9.78. The summed E-state index contributed by atoms with van der Waals surface area (Å²) in [5.41, 5.74) is 6.28. The van der Waals surface area contributed by atoms with Crippen LogP contribution in [0.15, 0.2) is 46.0 Å². The number of aromatic nitrogens is 3. The molecule has 27 heavy (non-hydrogen) atoms. The Kier molecular flexibility index (Phi) is 5.25. The fourth-order valence-electron chi connectivity index (χ4n) is 2.86. The van der Waals surface area contributed by atoms with Crippen molar-refractivity contribution < 1.29 is 4.28 Å². The van der Waals surface area contributed by atoms with Crippen LogP contribution in [0.3, 0.4) is 0 Å². The molecule has 0 aliphatic rings. The summed E-state index contributed by atoms with van der Waals surface area (Å²) < 4.78 is 8.62. The van der Waals surface area contributed by atoms with Crippen molar-refractivity contribution in [3.8, 4) is 6.07 Å². The summed E-state index contributed by atoms with van der Waals surface area (Å²) in [6, 6.07) is 13.9. The highest BCUT2D eigenvalue weighted by Crippen LogP contribution is 2.31. The summed E-state index contributed by atoms with van der Waals surface area (Å²) in [5, 5.41) is 11.8. The lowest BCUT2D eigenvalue weighted by Crippen LogP contribution is -2.06. The molecule has 0 spiro atoms. The third-order valence-electron chi connectivity index (χ3n) is 4.16. The summed E-state index contributed by atoms with van der Waals surface area (Å²) in [4.78, 5) is 9.46. The zero-order valence-corrected chi connectivity index (χ0v) is 16.3. The number of para-hydroxylation sites is 2. The fourth-order valence-corrected chi connectivity index (χ4v) is 4.07. The van der Waals surface area contributed by atoms with E-state index in [0.29, 0.717) is 22.5 Å². The van der Waals surface area contributed by atoms with Gasteiger partial charge in [0.25, 0.3) is 0 Å². The van der Waals surface area contributed by atoms with Gasteiger partial charge in [-0.3, -0.25) is 0 Å². The van der Waals surface area contributed by atoms with Crippen molar-refractivity contribution in [3.05, 3.63) is 47.3 Å². The van der Waals surface area contributed by atoms with Crippen LogP contribution in [0, 0.1) is 11.3 Å². The first kappa shape index (κ1) is 17.8. The van der Waals surface area contributed by atoms with Gasteiger partial charge in [-0.15, -0.1) is 11.3 Å². The van der Waals surface area contributed by atoms with E-state index in [-0.39, 0.29) is 0 Å². The number of hydrogen-bond donors (Lipinski definition) is 1. The van der Waals surface area contributed by atoms with E-state index in [9.17, 15) is 5.26 Å². The van der Waals surface area contributed by atoms with Gasteiger partial charge in [0.1, 0.15) is 17.1 Å². The van der Waals surface area contributed by atoms with Crippen molar-refractivity contribution in [3.63, 3.8) is 0 Å². The van der Waals surface area contributed by atoms with Gasteiger partial charge in [0, 0.05) is 6.54 Å². The maximum Gasteiger partial charge on any atom is 0.162 e. The molecule has 136 valence electrons. The highest BCUT2D eigenvalue weighted by atomic mass is 32.2. The Morgan fingerprint density at radius 1 is 1.22 bits per heavy atom. The maximum atomic E-state index is 9.78. The van der Waals surface area contributed by atoms with Crippen LogP contribution in [0.5, 0.6) is 0 Å². The van der Waals surface area contributed by atoms with Crippen molar-refractivity contribution in [1.82, 2.24) is 14.5 Å². The summed E-state index contributed by atoms with van der Waals surface area (Å²) in [7, 11) is 0. The molecule has 0 amide bonds. The smallest absolute Gasteiger partial charge is 0.162 e. The molecule has 3 heterocycles. The van der Waals surface area contributed by atoms with Gasteiger partial charge in [0.2, 0.25) is 0 Å². The molecule has 0 unspecified atom stereocenters. The van der Waals surface area contributed by atoms with Gasteiger partial charge >= 0.3 is 0 Å². The number of nitrogens with one attached hydrogen (secondary N) is 1. The van der Waals surface area contributed by atoms with E-state index < -0.39 is 0 Å². The average molecular weight is 396 g/mol. The molecule has 0 fully saturated rings. The number of aryl methyl sites for hydroxylation is 1. The van der Waals surface area contributed by atoms with Crippen LogP contribution in [0.4, 0.5) is 5.82 Å². The minimum atomic E-state index is 0.450. The molecule has 1 N–H and O–H groups in total. The minimum Gasteiger partial charge on any atom is -0.308 e. The van der Waals surface area contributed by atoms with E-state index in [1.165, 1.54) is 12.0 Å². The largest absolute Gasteiger partial charge is 0.308 e. The van der Waals surface area contributed by atoms with E-state index in [4.69, 9.17) is 9.27 Å². The molecular formula is C19H17N5OS2. The van der Waals surface area contributed by atoms with Gasteiger partial charge in [0.15, 0.2) is 11.5 Å². The molecule has 0 radical (unpaired) electrons. The normalized spacial score (nSPS) is 11.1. The Morgan fingerprint density at radius 3 is 2.74 bits per heavy atom. The Labute approximate surface area is 165 Å². The second-order valence-corrected chi connectivity index (χ2v) is 7.91. The van der Waals surface area contributed by atoms with Crippen molar-refractivity contribution in [2.45, 2.75) is 30.5 Å². The number of rotatable bonds is 7. The molecule has 0 aliphatic carbocycles. The quantitative estimate of drug-likeness (QED) is 0.335. The second kappa shape index (κ2) is 7.96. The molecule has 4 aromatic rings. The summed E-state index contributed by atoms with van der Waals surface area (Å²) in [6.45, 7) is 2.87. The number of nitriles is 1. The molecule has 0 aliphatic heterocycles. The highest BCUT2D eigenvalue weighted by Gasteiger charge is 2.20. The van der Waals surface area contributed by atoms with Gasteiger partial charge in [0.05, 0.1) is 27.3 Å². The molecule has 4 rings (SSSR count). The van der Waals surface area contributed by atoms with Crippen LogP contribution in [-0.4, -0.2) is 14.5 Å². The monoisotopic (exact) mass is 395 g/mol. The second-order valence-electron chi connectivity index (χ2n) is 5.93. The first-order valence-electron chi connectivity index (χ1n) is 8.64. The Balaban J connectivity index is 1.78. The SMILES string of the molecule is CCCCn1c(NOSc2cccs2)c(C#N)c2nc3ccccc3nc21. The first-order chi connectivity index (χ1) is 13.3. The number of thiophene rings is 1. The van der Waals surface area contributed by atoms with Crippen LogP contribution in [0.1, 0.15) is 25.3 Å². The van der Waals surface area contributed by atoms with Crippen LogP contribution in [0.25, 0.3) is 22.2 Å². The van der Waals surface area contributed by atoms with Crippen molar-refractivity contribution in [2.75, 3.05) is 5.48 Å². The molecule has 8 heteroatoms. The van der Waals surface area contributed by atoms with Crippen LogP contribution >= 0.6 is 23.4 Å². The minimum absolute atomic E-state index is 0.450. The van der Waals surface area contributed by atoms with Crippen LogP contribution in [-0.2, 0) is 10.8 Å². The van der Waals surface area contributed by atoms with Gasteiger partial charge < -0.3 is 4.57 Å². The zero-order chi connectivity index (χ0) is 18.6.